The zero-order valence-corrected chi connectivity index (χ0v) is 20.5. The molecule has 0 heterocycles. The number of ketones is 2. The second-order valence-corrected chi connectivity index (χ2v) is 10.1. The van der Waals surface area contributed by atoms with E-state index in [0.717, 1.165) is 37.0 Å². The van der Waals surface area contributed by atoms with Gasteiger partial charge in [-0.05, 0) is 63.3 Å². The maximum atomic E-state index is 12.1. The summed E-state index contributed by atoms with van der Waals surface area (Å²) in [6.45, 7) is 3.48. The molecule has 1 aliphatic rings. The minimum Gasteiger partial charge on any atom is -0.507 e. The Kier molecular flexibility index (Phi) is 9.16. The molecule has 6 nitrogen and oxygen atoms in total. The molecule has 0 aromatic heterocycles. The molecule has 1 saturated carbocycles. The van der Waals surface area contributed by atoms with Crippen LogP contribution in [0.25, 0.3) is 0 Å². The lowest BCUT2D eigenvalue weighted by Crippen LogP contribution is -2.27. The monoisotopic (exact) mass is 484 g/mol. The van der Waals surface area contributed by atoms with E-state index >= 15 is 0 Å². The number of benzene rings is 2. The van der Waals surface area contributed by atoms with Gasteiger partial charge in [-0.2, -0.15) is 0 Å². The molecular formula is C27H32O6S. The fourth-order valence-corrected chi connectivity index (χ4v) is 5.55. The summed E-state index contributed by atoms with van der Waals surface area (Å²) >= 11 is 1.76. The van der Waals surface area contributed by atoms with Crippen molar-refractivity contribution in [3.63, 3.8) is 0 Å². The molecule has 0 radical (unpaired) electrons. The highest BCUT2D eigenvalue weighted by molar-refractivity contribution is 8.00. The van der Waals surface area contributed by atoms with Crippen molar-refractivity contribution < 1.29 is 29.3 Å². The van der Waals surface area contributed by atoms with E-state index in [9.17, 15) is 19.5 Å². The Bertz CT molecular complexity index is 1030. The van der Waals surface area contributed by atoms with Crippen molar-refractivity contribution in [3.8, 4) is 11.5 Å². The van der Waals surface area contributed by atoms with Gasteiger partial charge in [0.1, 0.15) is 11.5 Å². The molecule has 3 rings (SSSR count). The van der Waals surface area contributed by atoms with Gasteiger partial charge in [0, 0.05) is 27.7 Å². The van der Waals surface area contributed by atoms with E-state index in [1.165, 1.54) is 6.92 Å². The number of thioether (sulfide) groups is 1. The van der Waals surface area contributed by atoms with Crippen LogP contribution in [0.4, 0.5) is 0 Å². The van der Waals surface area contributed by atoms with Crippen LogP contribution in [-0.2, 0) is 11.2 Å². The first-order chi connectivity index (χ1) is 16.3. The van der Waals surface area contributed by atoms with Crippen molar-refractivity contribution in [1.82, 2.24) is 0 Å². The van der Waals surface area contributed by atoms with Crippen LogP contribution in [-0.4, -0.2) is 39.1 Å². The molecule has 1 aliphatic carbocycles. The lowest BCUT2D eigenvalue weighted by molar-refractivity contribution is -0.136. The van der Waals surface area contributed by atoms with E-state index in [4.69, 9.17) is 9.84 Å². The van der Waals surface area contributed by atoms with Crippen LogP contribution in [0.1, 0.15) is 85.1 Å². The van der Waals surface area contributed by atoms with Gasteiger partial charge in [-0.1, -0.05) is 25.5 Å². The first kappa shape index (κ1) is 25.8. The van der Waals surface area contributed by atoms with Crippen molar-refractivity contribution in [2.75, 3.05) is 0 Å². The minimum atomic E-state index is -0.971. The third-order valence-corrected chi connectivity index (χ3v) is 7.34. The second-order valence-electron chi connectivity index (χ2n) is 8.73. The number of aliphatic carboxylic acids is 1. The maximum absolute atomic E-state index is 12.1. The molecule has 2 N–H and O–H groups in total. The maximum Gasteiger partial charge on any atom is 0.303 e. The van der Waals surface area contributed by atoms with Gasteiger partial charge in [0.15, 0.2) is 11.6 Å². The van der Waals surface area contributed by atoms with Gasteiger partial charge in [-0.15, -0.1) is 11.8 Å². The topological polar surface area (TPSA) is 101 Å². The highest BCUT2D eigenvalue weighted by atomic mass is 32.2. The Morgan fingerprint density at radius 3 is 2.44 bits per heavy atom. The SMILES string of the molecule is CCCc1c(O[C@@H]2CCC[C@H](Sc3ccc(C(=O)CCC(=O)O)cc3)C2)ccc(C(C)=O)c1O. The molecule has 0 saturated heterocycles. The Balaban J connectivity index is 1.63. The number of ether oxygens (including phenoxy) is 1. The number of phenols is 1. The first-order valence-corrected chi connectivity index (χ1v) is 12.7. The number of phenolic OH excluding ortho intramolecular Hbond substituents is 1. The molecule has 2 aromatic rings. The number of hydrogen-bond donors (Lipinski definition) is 2. The first-order valence-electron chi connectivity index (χ1n) is 11.8. The molecule has 0 amide bonds. The van der Waals surface area contributed by atoms with Crippen LogP contribution in [0.3, 0.4) is 0 Å². The standard InChI is InChI=1S/C27H32O6S/c1-3-5-23-25(14-12-22(17(2)28)27(23)32)33-19-6-4-7-21(16-19)34-20-10-8-18(9-11-20)24(29)13-15-26(30)31/h8-12,14,19,21,32H,3-7,13,15-16H2,1-2H3,(H,30,31)/t19-,21+/m1/s1. The van der Waals surface area contributed by atoms with Crippen LogP contribution in [0.5, 0.6) is 11.5 Å². The van der Waals surface area contributed by atoms with Gasteiger partial charge in [0.2, 0.25) is 0 Å². The molecule has 2 aromatic carbocycles. The molecule has 182 valence electrons. The molecule has 0 aliphatic heterocycles. The number of carbonyl (C=O) groups is 3. The molecule has 34 heavy (non-hydrogen) atoms. The Morgan fingerprint density at radius 1 is 1.06 bits per heavy atom. The third-order valence-electron chi connectivity index (χ3n) is 6.04. The van der Waals surface area contributed by atoms with E-state index in [2.05, 4.69) is 0 Å². The third kappa shape index (κ3) is 6.86. The highest BCUT2D eigenvalue weighted by Crippen LogP contribution is 2.38. The van der Waals surface area contributed by atoms with Crippen LogP contribution in [0.15, 0.2) is 41.3 Å². The Hall–Kier alpha value is -2.80. The summed E-state index contributed by atoms with van der Waals surface area (Å²) < 4.78 is 6.34. The van der Waals surface area contributed by atoms with Gasteiger partial charge in [-0.25, -0.2) is 0 Å². The predicted molar refractivity (Wildman–Crippen MR) is 132 cm³/mol. The molecule has 1 fully saturated rings. The summed E-state index contributed by atoms with van der Waals surface area (Å²) in [7, 11) is 0. The van der Waals surface area contributed by atoms with Crippen LogP contribution in [0, 0.1) is 0 Å². The molecular weight excluding hydrogens is 452 g/mol. The van der Waals surface area contributed by atoms with Crippen LogP contribution >= 0.6 is 11.8 Å². The molecule has 0 spiro atoms. The van der Waals surface area contributed by atoms with Crippen molar-refractivity contribution >= 4 is 29.3 Å². The van der Waals surface area contributed by atoms with Crippen molar-refractivity contribution in [1.29, 1.82) is 0 Å². The van der Waals surface area contributed by atoms with Gasteiger partial charge in [-0.3, -0.25) is 14.4 Å². The molecule has 2 atom stereocenters. The van der Waals surface area contributed by atoms with Gasteiger partial charge in [0.25, 0.3) is 0 Å². The van der Waals surface area contributed by atoms with Crippen molar-refractivity contribution in [2.24, 2.45) is 0 Å². The number of rotatable bonds is 11. The summed E-state index contributed by atoms with van der Waals surface area (Å²) in [5, 5.41) is 19.7. The van der Waals surface area contributed by atoms with Gasteiger partial charge < -0.3 is 14.9 Å². The number of carbonyl (C=O) groups excluding carboxylic acids is 2. The summed E-state index contributed by atoms with van der Waals surface area (Å²) in [5.74, 6) is -0.602. The zero-order valence-electron chi connectivity index (χ0n) is 19.7. The summed E-state index contributed by atoms with van der Waals surface area (Å²) in [4.78, 5) is 35.6. The van der Waals surface area contributed by atoms with Crippen LogP contribution in [0.2, 0.25) is 0 Å². The average molecular weight is 485 g/mol. The Morgan fingerprint density at radius 2 is 1.79 bits per heavy atom. The van der Waals surface area contributed by atoms with E-state index in [-0.39, 0.29) is 36.3 Å². The number of carboxylic acids is 1. The number of hydrogen-bond acceptors (Lipinski definition) is 6. The second kappa shape index (κ2) is 12.1. The predicted octanol–water partition coefficient (Wildman–Crippen LogP) is 6.08. The fraction of sp³-hybridized carbons (Fsp3) is 0.444. The van der Waals surface area contributed by atoms with E-state index in [1.807, 2.05) is 19.1 Å². The van der Waals surface area contributed by atoms with Crippen molar-refractivity contribution in [3.05, 3.63) is 53.1 Å². The lowest BCUT2D eigenvalue weighted by atomic mass is 9.96. The van der Waals surface area contributed by atoms with Gasteiger partial charge >= 0.3 is 5.97 Å². The molecule has 7 heteroatoms. The number of aromatic hydroxyl groups is 1. The largest absolute Gasteiger partial charge is 0.507 e. The fourth-order valence-electron chi connectivity index (χ4n) is 4.28. The van der Waals surface area contributed by atoms with Crippen molar-refractivity contribution in [2.45, 2.75) is 81.5 Å². The quantitative estimate of drug-likeness (QED) is 0.373. The summed E-state index contributed by atoms with van der Waals surface area (Å²) in [5.41, 5.74) is 1.57. The lowest BCUT2D eigenvalue weighted by Gasteiger charge is -2.30. The minimum absolute atomic E-state index is 0.00639. The normalized spacial score (nSPS) is 17.8. The highest BCUT2D eigenvalue weighted by Gasteiger charge is 2.26. The molecule has 0 unspecified atom stereocenters. The molecule has 0 bridgehead atoms. The average Bonchev–Trinajstić information content (AvgIpc) is 2.80. The Labute approximate surface area is 204 Å². The number of Topliss-reactive ketones (excluding diaryl/α,β-unsaturated/α-hetero) is 2. The smallest absolute Gasteiger partial charge is 0.303 e. The summed E-state index contributed by atoms with van der Waals surface area (Å²) in [6, 6.07) is 10.8. The summed E-state index contributed by atoms with van der Waals surface area (Å²) in [6.07, 6.45) is 5.27. The van der Waals surface area contributed by atoms with E-state index in [0.29, 0.717) is 34.1 Å². The number of carboxylic acid groups (broad SMARTS) is 1. The zero-order chi connectivity index (χ0) is 24.7. The van der Waals surface area contributed by atoms with E-state index < -0.39 is 5.97 Å². The van der Waals surface area contributed by atoms with Crippen LogP contribution < -0.4 is 4.74 Å². The van der Waals surface area contributed by atoms with Gasteiger partial charge in [0.05, 0.1) is 18.1 Å². The van der Waals surface area contributed by atoms with E-state index in [1.54, 1.807) is 36.0 Å².